The molecule has 0 fully saturated rings. The van der Waals surface area contributed by atoms with E-state index in [1.807, 2.05) is 0 Å². The van der Waals surface area contributed by atoms with Crippen LogP contribution in [-0.4, -0.2) is 17.9 Å². The van der Waals surface area contributed by atoms with Gasteiger partial charge in [0.15, 0.2) is 0 Å². The summed E-state index contributed by atoms with van der Waals surface area (Å²) in [7, 11) is 1.37. The number of carbonyl (C=O) groups is 1. The van der Waals surface area contributed by atoms with Gasteiger partial charge < -0.3 is 4.90 Å². The highest BCUT2D eigenvalue weighted by atomic mass is 19.4. The van der Waals surface area contributed by atoms with Crippen molar-refractivity contribution < 1.29 is 22.4 Å². The monoisotopic (exact) mass is 298 g/mol. The summed E-state index contributed by atoms with van der Waals surface area (Å²) in [5, 5.41) is 0. The quantitative estimate of drug-likeness (QED) is 0.795. The molecule has 110 valence electrons. The van der Waals surface area contributed by atoms with E-state index in [0.29, 0.717) is 11.8 Å². The van der Waals surface area contributed by atoms with E-state index in [-0.39, 0.29) is 5.69 Å². The van der Waals surface area contributed by atoms with Crippen molar-refractivity contribution in [3.05, 3.63) is 59.7 Å². The average molecular weight is 298 g/mol. The highest BCUT2D eigenvalue weighted by Gasteiger charge is 2.31. The first-order valence-corrected chi connectivity index (χ1v) is 5.86. The molecule has 1 amide bonds. The molecule has 21 heavy (non-hydrogen) atoms. The summed E-state index contributed by atoms with van der Waals surface area (Å²) < 4.78 is 50.6. The molecule has 0 aliphatic rings. The van der Waals surface area contributed by atoms with Gasteiger partial charge in [0.2, 0.25) is 0 Å². The third-order valence-electron chi connectivity index (χ3n) is 2.82. The minimum atomic E-state index is -4.55. The Morgan fingerprint density at radius 2 is 1.76 bits per heavy atom. The van der Waals surface area contributed by atoms with Gasteiger partial charge in [-0.15, -0.1) is 0 Å². The van der Waals surface area contributed by atoms with Crippen molar-refractivity contribution in [3.8, 4) is 0 Å². The molecule has 7 heteroatoms. The lowest BCUT2D eigenvalue weighted by Crippen LogP contribution is -2.27. The van der Waals surface area contributed by atoms with E-state index in [0.717, 1.165) is 29.3 Å². The number of benzene rings is 1. The zero-order valence-corrected chi connectivity index (χ0v) is 10.9. The molecular weight excluding hydrogens is 288 g/mol. The molecule has 1 aromatic heterocycles. The maximum Gasteiger partial charge on any atom is 0.416 e. The number of hydrogen-bond acceptors (Lipinski definition) is 2. The Kier molecular flexibility index (Phi) is 3.93. The van der Waals surface area contributed by atoms with Crippen molar-refractivity contribution >= 4 is 11.6 Å². The Morgan fingerprint density at radius 1 is 1.14 bits per heavy atom. The normalized spacial score (nSPS) is 11.3. The van der Waals surface area contributed by atoms with Crippen molar-refractivity contribution in [2.75, 3.05) is 11.9 Å². The number of hydrogen-bond donors (Lipinski definition) is 0. The van der Waals surface area contributed by atoms with Crippen LogP contribution in [0.5, 0.6) is 0 Å². The summed E-state index contributed by atoms with van der Waals surface area (Å²) in [6.07, 6.45) is -3.62. The van der Waals surface area contributed by atoms with E-state index in [2.05, 4.69) is 4.98 Å². The molecule has 0 aliphatic carbocycles. The zero-order chi connectivity index (χ0) is 15.6. The number of carbonyl (C=O) groups excluding carboxylic acids is 1. The van der Waals surface area contributed by atoms with Gasteiger partial charge in [-0.25, -0.2) is 4.39 Å². The molecule has 0 unspecified atom stereocenters. The fraction of sp³-hybridized carbons (Fsp3) is 0.143. The second-order valence-corrected chi connectivity index (χ2v) is 4.27. The van der Waals surface area contributed by atoms with E-state index < -0.39 is 23.5 Å². The molecule has 3 nitrogen and oxygen atoms in total. The summed E-state index contributed by atoms with van der Waals surface area (Å²) in [6.45, 7) is 0. The third-order valence-corrected chi connectivity index (χ3v) is 2.82. The Labute approximate surface area is 117 Å². The molecule has 0 bridgehead atoms. The predicted octanol–water partition coefficient (Wildman–Crippen LogP) is 3.52. The van der Waals surface area contributed by atoms with E-state index in [1.165, 1.54) is 19.2 Å². The van der Waals surface area contributed by atoms with Crippen LogP contribution in [0, 0.1) is 5.82 Å². The number of aromatic nitrogens is 1. The van der Waals surface area contributed by atoms with E-state index in [9.17, 15) is 22.4 Å². The summed E-state index contributed by atoms with van der Waals surface area (Å²) in [5.41, 5.74) is -0.939. The lowest BCUT2D eigenvalue weighted by molar-refractivity contribution is -0.137. The maximum absolute atomic E-state index is 12.8. The molecule has 0 atom stereocenters. The van der Waals surface area contributed by atoms with Crippen molar-refractivity contribution in [2.45, 2.75) is 6.18 Å². The maximum atomic E-state index is 12.8. The molecule has 1 heterocycles. The molecule has 1 aromatic carbocycles. The first-order chi connectivity index (χ1) is 9.79. The molecule has 2 rings (SSSR count). The van der Waals surface area contributed by atoms with Crippen LogP contribution in [0.15, 0.2) is 42.6 Å². The zero-order valence-electron chi connectivity index (χ0n) is 10.9. The molecule has 0 saturated carbocycles. The largest absolute Gasteiger partial charge is 0.416 e. The van der Waals surface area contributed by atoms with Crippen LogP contribution in [0.25, 0.3) is 0 Å². The summed E-state index contributed by atoms with van der Waals surface area (Å²) in [5.74, 6) is -1.19. The minimum Gasteiger partial charge on any atom is -0.310 e. The summed E-state index contributed by atoms with van der Waals surface area (Å²) in [6, 6.07) is 6.47. The highest BCUT2D eigenvalue weighted by Crippen LogP contribution is 2.29. The minimum absolute atomic E-state index is 0.336. The molecule has 0 saturated heterocycles. The second kappa shape index (κ2) is 5.51. The second-order valence-electron chi connectivity index (χ2n) is 4.27. The van der Waals surface area contributed by atoms with Gasteiger partial charge in [-0.1, -0.05) is 0 Å². The average Bonchev–Trinajstić information content (AvgIpc) is 2.46. The van der Waals surface area contributed by atoms with Crippen LogP contribution < -0.4 is 4.90 Å². The van der Waals surface area contributed by atoms with Gasteiger partial charge in [-0.3, -0.25) is 9.78 Å². The number of nitrogens with zero attached hydrogens (tertiary/aromatic N) is 2. The van der Waals surface area contributed by atoms with Gasteiger partial charge >= 0.3 is 6.18 Å². The van der Waals surface area contributed by atoms with Gasteiger partial charge in [0.05, 0.1) is 5.56 Å². The Balaban J connectivity index is 2.29. The smallest absolute Gasteiger partial charge is 0.310 e. The predicted molar refractivity (Wildman–Crippen MR) is 68.4 cm³/mol. The molecule has 0 radical (unpaired) electrons. The summed E-state index contributed by atoms with van der Waals surface area (Å²) in [4.78, 5) is 16.9. The summed E-state index contributed by atoms with van der Waals surface area (Å²) >= 11 is 0. The topological polar surface area (TPSA) is 33.2 Å². The van der Waals surface area contributed by atoms with Crippen molar-refractivity contribution in [3.63, 3.8) is 0 Å². The first kappa shape index (κ1) is 15.0. The van der Waals surface area contributed by atoms with Crippen molar-refractivity contribution in [1.82, 2.24) is 4.98 Å². The highest BCUT2D eigenvalue weighted by molar-refractivity contribution is 6.04. The van der Waals surface area contributed by atoms with Gasteiger partial charge in [0.1, 0.15) is 11.5 Å². The standard InChI is InChI=1S/C14H10F4N2O/c1-20(11-4-2-10(15)3-5-11)13(21)12-8-9(6-7-19-12)14(16,17)18/h2-8H,1H3. The Morgan fingerprint density at radius 3 is 2.33 bits per heavy atom. The number of alkyl halides is 3. The van der Waals surface area contributed by atoms with Crippen LogP contribution in [-0.2, 0) is 6.18 Å². The van der Waals surface area contributed by atoms with E-state index >= 15 is 0 Å². The third kappa shape index (κ3) is 3.36. The molecule has 0 N–H and O–H groups in total. The number of amides is 1. The molecule has 2 aromatic rings. The lowest BCUT2D eigenvalue weighted by atomic mass is 10.2. The lowest BCUT2D eigenvalue weighted by Gasteiger charge is -2.17. The SMILES string of the molecule is CN(C(=O)c1cc(C(F)(F)F)ccn1)c1ccc(F)cc1. The fourth-order valence-corrected chi connectivity index (χ4v) is 1.68. The van der Waals surface area contributed by atoms with Gasteiger partial charge in [0, 0.05) is 18.9 Å². The van der Waals surface area contributed by atoms with Crippen LogP contribution in [0.1, 0.15) is 16.1 Å². The fourth-order valence-electron chi connectivity index (χ4n) is 1.68. The number of anilines is 1. The number of halogens is 4. The van der Waals surface area contributed by atoms with Crippen LogP contribution in [0.2, 0.25) is 0 Å². The Hall–Kier alpha value is -2.44. The first-order valence-electron chi connectivity index (χ1n) is 5.86. The molecule has 0 aliphatic heterocycles. The van der Waals surface area contributed by atoms with Gasteiger partial charge in [0.25, 0.3) is 5.91 Å². The van der Waals surface area contributed by atoms with Crippen LogP contribution in [0.4, 0.5) is 23.2 Å². The number of pyridine rings is 1. The molecular formula is C14H10F4N2O. The van der Waals surface area contributed by atoms with Gasteiger partial charge in [-0.05, 0) is 36.4 Å². The van der Waals surface area contributed by atoms with Crippen molar-refractivity contribution in [1.29, 1.82) is 0 Å². The van der Waals surface area contributed by atoms with Crippen LogP contribution >= 0.6 is 0 Å². The van der Waals surface area contributed by atoms with E-state index in [4.69, 9.17) is 0 Å². The van der Waals surface area contributed by atoms with Gasteiger partial charge in [-0.2, -0.15) is 13.2 Å². The van der Waals surface area contributed by atoms with E-state index in [1.54, 1.807) is 0 Å². The number of rotatable bonds is 2. The van der Waals surface area contributed by atoms with Crippen LogP contribution in [0.3, 0.4) is 0 Å². The molecule has 0 spiro atoms. The van der Waals surface area contributed by atoms with Crippen molar-refractivity contribution in [2.24, 2.45) is 0 Å². The Bertz CT molecular complexity index is 653.